The van der Waals surface area contributed by atoms with Crippen LogP contribution in [-0.4, -0.2) is 52.8 Å². The number of amides is 1. The quantitative estimate of drug-likeness (QED) is 0.190. The second-order valence-electron chi connectivity index (χ2n) is 8.49. The minimum atomic E-state index is -0.692. The fourth-order valence-electron chi connectivity index (χ4n) is 4.14. The van der Waals surface area contributed by atoms with E-state index in [0.717, 1.165) is 5.56 Å². The zero-order valence-electron chi connectivity index (χ0n) is 21.9. The van der Waals surface area contributed by atoms with Gasteiger partial charge in [-0.2, -0.15) is 4.99 Å². The molecule has 3 heterocycles. The standard InChI is InChI=1S/C28H30N4O6/c1-5-37-16-8-15-31-24-21(27(34)32-14-7-9-18(3)23(32)29-24)17-22(28(35)38-6-2)25(31)30-26(33)19-10-12-20(36-4)13-11-19/h7,9-14,17H,5-6,8,15-16H2,1-4H3. The summed E-state index contributed by atoms with van der Waals surface area (Å²) < 4.78 is 19.0. The molecule has 38 heavy (non-hydrogen) atoms. The number of hydrogen-bond acceptors (Lipinski definition) is 7. The largest absolute Gasteiger partial charge is 0.497 e. The van der Waals surface area contributed by atoms with Gasteiger partial charge in [-0.15, -0.1) is 0 Å². The number of ether oxygens (including phenoxy) is 3. The van der Waals surface area contributed by atoms with Crippen LogP contribution in [0.1, 0.15) is 46.5 Å². The van der Waals surface area contributed by atoms with Gasteiger partial charge in [-0.05, 0) is 69.2 Å². The van der Waals surface area contributed by atoms with Crippen molar-refractivity contribution < 1.29 is 23.8 Å². The number of carbonyl (C=O) groups is 2. The van der Waals surface area contributed by atoms with E-state index in [-0.39, 0.29) is 28.6 Å². The number of benzene rings is 1. The van der Waals surface area contributed by atoms with Crippen molar-refractivity contribution in [3.63, 3.8) is 0 Å². The second-order valence-corrected chi connectivity index (χ2v) is 8.49. The lowest BCUT2D eigenvalue weighted by Crippen LogP contribution is -2.33. The zero-order chi connectivity index (χ0) is 27.2. The minimum absolute atomic E-state index is 0.00382. The van der Waals surface area contributed by atoms with Gasteiger partial charge < -0.3 is 18.8 Å². The molecular weight excluding hydrogens is 488 g/mol. The molecule has 1 amide bonds. The minimum Gasteiger partial charge on any atom is -0.497 e. The number of esters is 1. The Bertz CT molecular complexity index is 1620. The van der Waals surface area contributed by atoms with Crippen LogP contribution in [0.15, 0.2) is 58.4 Å². The van der Waals surface area contributed by atoms with Gasteiger partial charge >= 0.3 is 5.97 Å². The zero-order valence-corrected chi connectivity index (χ0v) is 21.9. The summed E-state index contributed by atoms with van der Waals surface area (Å²) in [5, 5.41) is 0.211. The van der Waals surface area contributed by atoms with E-state index in [0.29, 0.717) is 48.8 Å². The number of aryl methyl sites for hydroxylation is 2. The van der Waals surface area contributed by atoms with Crippen molar-refractivity contribution in [1.82, 2.24) is 14.0 Å². The lowest BCUT2D eigenvalue weighted by Gasteiger charge is -2.15. The molecule has 0 N–H and O–H groups in total. The topological polar surface area (TPSA) is 113 Å². The van der Waals surface area contributed by atoms with E-state index in [1.54, 1.807) is 48.0 Å². The van der Waals surface area contributed by atoms with Crippen molar-refractivity contribution in [3.05, 3.63) is 81.2 Å². The maximum Gasteiger partial charge on any atom is 0.341 e. The Morgan fingerprint density at radius 3 is 2.50 bits per heavy atom. The Labute approximate surface area is 219 Å². The molecule has 0 aliphatic rings. The van der Waals surface area contributed by atoms with E-state index in [9.17, 15) is 14.4 Å². The molecule has 0 atom stereocenters. The third-order valence-corrected chi connectivity index (χ3v) is 6.02. The van der Waals surface area contributed by atoms with Crippen LogP contribution in [0.25, 0.3) is 16.7 Å². The number of aromatic nitrogens is 3. The van der Waals surface area contributed by atoms with Crippen LogP contribution in [0.3, 0.4) is 0 Å². The third-order valence-electron chi connectivity index (χ3n) is 6.02. The number of nitrogens with zero attached hydrogens (tertiary/aromatic N) is 4. The molecule has 0 spiro atoms. The van der Waals surface area contributed by atoms with Crippen molar-refractivity contribution in [2.24, 2.45) is 4.99 Å². The summed E-state index contributed by atoms with van der Waals surface area (Å²) in [6.45, 7) is 6.83. The molecule has 0 aliphatic heterocycles. The predicted molar refractivity (Wildman–Crippen MR) is 142 cm³/mol. The van der Waals surface area contributed by atoms with Gasteiger partial charge in [0, 0.05) is 31.5 Å². The van der Waals surface area contributed by atoms with Gasteiger partial charge in [0.2, 0.25) is 0 Å². The number of fused-ring (bicyclic) bond motifs is 2. The molecule has 0 radical (unpaired) electrons. The number of hydrogen-bond donors (Lipinski definition) is 0. The Morgan fingerprint density at radius 1 is 1.05 bits per heavy atom. The lowest BCUT2D eigenvalue weighted by atomic mass is 10.2. The molecule has 0 unspecified atom stereocenters. The molecule has 0 fully saturated rings. The highest BCUT2D eigenvalue weighted by Gasteiger charge is 2.20. The number of pyridine rings is 2. The fourth-order valence-corrected chi connectivity index (χ4v) is 4.14. The van der Waals surface area contributed by atoms with Crippen LogP contribution in [0, 0.1) is 6.92 Å². The Balaban J connectivity index is 2.05. The summed E-state index contributed by atoms with van der Waals surface area (Å²) in [5.74, 6) is -0.662. The number of rotatable bonds is 9. The molecule has 10 heteroatoms. The molecule has 0 bridgehead atoms. The predicted octanol–water partition coefficient (Wildman–Crippen LogP) is 3.31. The molecule has 10 nitrogen and oxygen atoms in total. The van der Waals surface area contributed by atoms with E-state index < -0.39 is 11.9 Å². The van der Waals surface area contributed by atoms with Gasteiger partial charge in [0.25, 0.3) is 11.5 Å². The Morgan fingerprint density at radius 2 is 1.82 bits per heavy atom. The molecule has 3 aromatic heterocycles. The van der Waals surface area contributed by atoms with E-state index >= 15 is 0 Å². The molecular formula is C28H30N4O6. The smallest absolute Gasteiger partial charge is 0.341 e. The van der Waals surface area contributed by atoms with Crippen LogP contribution in [0.5, 0.6) is 5.75 Å². The van der Waals surface area contributed by atoms with Crippen LogP contribution in [-0.2, 0) is 16.0 Å². The maximum absolute atomic E-state index is 13.5. The molecule has 1 aromatic carbocycles. The second kappa shape index (κ2) is 11.8. The van der Waals surface area contributed by atoms with Crippen molar-refractivity contribution in [1.29, 1.82) is 0 Å². The van der Waals surface area contributed by atoms with Crippen molar-refractivity contribution in [3.8, 4) is 5.75 Å². The highest BCUT2D eigenvalue weighted by Crippen LogP contribution is 2.15. The van der Waals surface area contributed by atoms with E-state index in [1.807, 2.05) is 19.9 Å². The number of carbonyl (C=O) groups excluding carboxylic acids is 2. The molecule has 0 saturated heterocycles. The first kappa shape index (κ1) is 26.7. The van der Waals surface area contributed by atoms with E-state index in [4.69, 9.17) is 19.2 Å². The van der Waals surface area contributed by atoms with Gasteiger partial charge in [-0.3, -0.25) is 14.0 Å². The average Bonchev–Trinajstić information content (AvgIpc) is 2.92. The molecule has 4 aromatic rings. The van der Waals surface area contributed by atoms with Crippen LogP contribution < -0.4 is 15.8 Å². The Hall–Kier alpha value is -4.31. The van der Waals surface area contributed by atoms with Crippen molar-refractivity contribution >= 4 is 28.6 Å². The SMILES string of the molecule is CCOCCCn1c(=NC(=O)c2ccc(OC)cc2)c(C(=O)OCC)cc2c(=O)n3cccc(C)c3nc21. The number of methoxy groups -OCH3 is 1. The fraction of sp³-hybridized carbons (Fsp3) is 0.321. The van der Waals surface area contributed by atoms with Crippen molar-refractivity contribution in [2.75, 3.05) is 26.9 Å². The highest BCUT2D eigenvalue weighted by molar-refractivity contribution is 5.97. The van der Waals surface area contributed by atoms with Crippen molar-refractivity contribution in [2.45, 2.75) is 33.7 Å². The molecule has 0 aliphatic carbocycles. The highest BCUT2D eigenvalue weighted by atomic mass is 16.5. The average molecular weight is 519 g/mol. The molecule has 0 saturated carbocycles. The van der Waals surface area contributed by atoms with Gasteiger partial charge in [0.05, 0.1) is 19.1 Å². The van der Waals surface area contributed by atoms with Crippen LogP contribution in [0.2, 0.25) is 0 Å². The monoisotopic (exact) mass is 518 g/mol. The van der Waals surface area contributed by atoms with Gasteiger partial charge in [-0.1, -0.05) is 6.07 Å². The van der Waals surface area contributed by atoms with Gasteiger partial charge in [0.1, 0.15) is 22.6 Å². The molecule has 4 rings (SSSR count). The van der Waals surface area contributed by atoms with E-state index in [1.165, 1.54) is 17.6 Å². The van der Waals surface area contributed by atoms with Gasteiger partial charge in [-0.25, -0.2) is 9.78 Å². The van der Waals surface area contributed by atoms with Gasteiger partial charge in [0.15, 0.2) is 5.49 Å². The third kappa shape index (κ3) is 5.35. The Kier molecular flexibility index (Phi) is 8.32. The van der Waals surface area contributed by atoms with E-state index in [2.05, 4.69) is 4.99 Å². The molecule has 198 valence electrons. The van der Waals surface area contributed by atoms with Crippen LogP contribution >= 0.6 is 0 Å². The summed E-state index contributed by atoms with van der Waals surface area (Å²) in [7, 11) is 1.54. The normalized spacial score (nSPS) is 11.7. The maximum atomic E-state index is 13.5. The first-order valence-corrected chi connectivity index (χ1v) is 12.4. The summed E-state index contributed by atoms with van der Waals surface area (Å²) in [6.07, 6.45) is 2.17. The summed E-state index contributed by atoms with van der Waals surface area (Å²) in [6, 6.07) is 11.5. The lowest BCUT2D eigenvalue weighted by molar-refractivity contribution is 0.0523. The first-order valence-electron chi connectivity index (χ1n) is 12.4. The first-order chi connectivity index (χ1) is 18.4. The summed E-state index contributed by atoms with van der Waals surface area (Å²) in [5.41, 5.74) is 1.63. The van der Waals surface area contributed by atoms with Crippen LogP contribution in [0.4, 0.5) is 0 Å². The summed E-state index contributed by atoms with van der Waals surface area (Å²) >= 11 is 0. The summed E-state index contributed by atoms with van der Waals surface area (Å²) in [4.78, 5) is 49.0.